The second-order valence-electron chi connectivity index (χ2n) is 4.01. The molecule has 2 N–H and O–H groups in total. The molecule has 92 valence electrons. The molecule has 6 heteroatoms. The van der Waals surface area contributed by atoms with Gasteiger partial charge in [-0.15, -0.1) is 0 Å². The van der Waals surface area contributed by atoms with E-state index < -0.39 is 18.6 Å². The van der Waals surface area contributed by atoms with Gasteiger partial charge in [-0.3, -0.25) is 4.79 Å². The summed E-state index contributed by atoms with van der Waals surface area (Å²) in [5.41, 5.74) is 6.93. The standard InChI is InChI=1S/C11H11F3N2O/c12-11(13,14)6-16-4-3-7-1-2-8(15)5-9(7)10(16)17/h1-2,5H,3-4,6,15H2. The molecule has 1 aliphatic rings. The van der Waals surface area contributed by atoms with E-state index in [0.717, 1.165) is 10.5 Å². The molecule has 0 atom stereocenters. The Morgan fingerprint density at radius 3 is 2.71 bits per heavy atom. The molecule has 0 fully saturated rings. The van der Waals surface area contributed by atoms with Crippen LogP contribution < -0.4 is 5.73 Å². The summed E-state index contributed by atoms with van der Waals surface area (Å²) in [5.74, 6) is -0.601. The highest BCUT2D eigenvalue weighted by molar-refractivity contribution is 5.97. The molecule has 17 heavy (non-hydrogen) atoms. The first kappa shape index (κ1) is 11.8. The third-order valence-corrected chi connectivity index (χ3v) is 2.67. The molecule has 0 radical (unpaired) electrons. The lowest BCUT2D eigenvalue weighted by Crippen LogP contribution is -2.43. The van der Waals surface area contributed by atoms with Crippen molar-refractivity contribution in [2.45, 2.75) is 12.6 Å². The second kappa shape index (κ2) is 3.94. The lowest BCUT2D eigenvalue weighted by atomic mass is 9.98. The summed E-state index contributed by atoms with van der Waals surface area (Å²) in [6.07, 6.45) is -3.94. The van der Waals surface area contributed by atoms with E-state index in [4.69, 9.17) is 5.73 Å². The maximum atomic E-state index is 12.3. The highest BCUT2D eigenvalue weighted by atomic mass is 19.4. The highest BCUT2D eigenvalue weighted by Crippen LogP contribution is 2.24. The zero-order valence-electron chi connectivity index (χ0n) is 8.92. The smallest absolute Gasteiger partial charge is 0.399 e. The third-order valence-electron chi connectivity index (χ3n) is 2.67. The van der Waals surface area contributed by atoms with Crippen LogP contribution >= 0.6 is 0 Å². The zero-order valence-corrected chi connectivity index (χ0v) is 8.92. The summed E-state index contributed by atoms with van der Waals surface area (Å²) in [7, 11) is 0. The normalized spacial score (nSPS) is 15.9. The maximum Gasteiger partial charge on any atom is 0.406 e. The molecule has 0 spiro atoms. The number of nitrogens with zero attached hydrogens (tertiary/aromatic N) is 1. The predicted molar refractivity (Wildman–Crippen MR) is 56.5 cm³/mol. The summed E-state index contributed by atoms with van der Waals surface area (Å²) in [6, 6.07) is 4.76. The molecule has 1 aromatic carbocycles. The fourth-order valence-electron chi connectivity index (χ4n) is 1.91. The Labute approximate surface area is 96.0 Å². The molecule has 3 nitrogen and oxygen atoms in total. The lowest BCUT2D eigenvalue weighted by molar-refractivity contribution is -0.141. The third kappa shape index (κ3) is 2.51. The molecular formula is C11H11F3N2O. The number of carbonyl (C=O) groups excluding carboxylic acids is 1. The van der Waals surface area contributed by atoms with Gasteiger partial charge in [-0.05, 0) is 24.1 Å². The van der Waals surface area contributed by atoms with Crippen LogP contribution in [0.5, 0.6) is 0 Å². The van der Waals surface area contributed by atoms with Crippen molar-refractivity contribution >= 4 is 11.6 Å². The maximum absolute atomic E-state index is 12.3. The molecule has 0 aliphatic carbocycles. The first-order valence-electron chi connectivity index (χ1n) is 5.11. The van der Waals surface area contributed by atoms with Gasteiger partial charge in [-0.1, -0.05) is 6.07 Å². The number of alkyl halides is 3. The first-order valence-corrected chi connectivity index (χ1v) is 5.11. The van der Waals surface area contributed by atoms with Crippen molar-refractivity contribution in [2.75, 3.05) is 18.8 Å². The number of fused-ring (bicyclic) bond motifs is 1. The van der Waals surface area contributed by atoms with Crippen LogP contribution in [0.25, 0.3) is 0 Å². The summed E-state index contributed by atoms with van der Waals surface area (Å²) in [5, 5.41) is 0. The Morgan fingerprint density at radius 2 is 2.06 bits per heavy atom. The van der Waals surface area contributed by atoms with Crippen molar-refractivity contribution in [2.24, 2.45) is 0 Å². The second-order valence-corrected chi connectivity index (χ2v) is 4.01. The van der Waals surface area contributed by atoms with Crippen LogP contribution in [0.15, 0.2) is 18.2 Å². The molecular weight excluding hydrogens is 233 g/mol. The Morgan fingerprint density at radius 1 is 1.35 bits per heavy atom. The predicted octanol–water partition coefficient (Wildman–Crippen LogP) is 1.83. The van der Waals surface area contributed by atoms with Crippen LogP contribution in [-0.2, 0) is 6.42 Å². The van der Waals surface area contributed by atoms with Gasteiger partial charge in [0.15, 0.2) is 0 Å². The molecule has 0 unspecified atom stereocenters. The summed E-state index contributed by atoms with van der Waals surface area (Å²) >= 11 is 0. The van der Waals surface area contributed by atoms with E-state index >= 15 is 0 Å². The van der Waals surface area contributed by atoms with Gasteiger partial charge in [0.2, 0.25) is 0 Å². The largest absolute Gasteiger partial charge is 0.406 e. The Balaban J connectivity index is 2.26. The molecule has 1 aliphatic heterocycles. The van der Waals surface area contributed by atoms with Crippen LogP contribution in [0.3, 0.4) is 0 Å². The van der Waals surface area contributed by atoms with Gasteiger partial charge < -0.3 is 10.6 Å². The van der Waals surface area contributed by atoms with Crippen molar-refractivity contribution in [3.8, 4) is 0 Å². The molecule has 1 aromatic rings. The zero-order chi connectivity index (χ0) is 12.6. The molecule has 0 bridgehead atoms. The number of nitrogens with two attached hydrogens (primary N) is 1. The van der Waals surface area contributed by atoms with Gasteiger partial charge in [-0.25, -0.2) is 0 Å². The SMILES string of the molecule is Nc1ccc2c(c1)C(=O)N(CC(F)(F)F)CC2. The molecule has 1 heterocycles. The molecule has 2 rings (SSSR count). The van der Waals surface area contributed by atoms with Crippen LogP contribution in [-0.4, -0.2) is 30.1 Å². The van der Waals surface area contributed by atoms with Crippen molar-refractivity contribution in [3.63, 3.8) is 0 Å². The van der Waals surface area contributed by atoms with Crippen LogP contribution in [0.2, 0.25) is 0 Å². The minimum Gasteiger partial charge on any atom is -0.399 e. The van der Waals surface area contributed by atoms with Gasteiger partial charge in [0, 0.05) is 17.8 Å². The van der Waals surface area contributed by atoms with Crippen molar-refractivity contribution < 1.29 is 18.0 Å². The summed E-state index contributed by atoms with van der Waals surface area (Å²) in [6.45, 7) is -1.12. The number of rotatable bonds is 1. The van der Waals surface area contributed by atoms with E-state index in [1.54, 1.807) is 12.1 Å². The van der Waals surface area contributed by atoms with E-state index in [0.29, 0.717) is 12.1 Å². The number of benzene rings is 1. The lowest BCUT2D eigenvalue weighted by Gasteiger charge is -2.29. The number of halogens is 3. The van der Waals surface area contributed by atoms with Crippen LogP contribution in [0, 0.1) is 0 Å². The summed E-state index contributed by atoms with van der Waals surface area (Å²) < 4.78 is 36.8. The van der Waals surface area contributed by atoms with Crippen molar-refractivity contribution in [3.05, 3.63) is 29.3 Å². The Hall–Kier alpha value is -1.72. The quantitative estimate of drug-likeness (QED) is 0.766. The number of hydrogen-bond acceptors (Lipinski definition) is 2. The van der Waals surface area contributed by atoms with Crippen molar-refractivity contribution in [1.82, 2.24) is 4.90 Å². The van der Waals surface area contributed by atoms with Gasteiger partial charge >= 0.3 is 6.18 Å². The number of anilines is 1. The fraction of sp³-hybridized carbons (Fsp3) is 0.364. The van der Waals surface area contributed by atoms with E-state index in [9.17, 15) is 18.0 Å². The van der Waals surface area contributed by atoms with Gasteiger partial charge in [0.05, 0.1) is 0 Å². The van der Waals surface area contributed by atoms with Gasteiger partial charge in [0.25, 0.3) is 5.91 Å². The average Bonchev–Trinajstić information content (AvgIpc) is 2.21. The van der Waals surface area contributed by atoms with Crippen LogP contribution in [0.4, 0.5) is 18.9 Å². The number of hydrogen-bond donors (Lipinski definition) is 1. The number of amides is 1. The van der Waals surface area contributed by atoms with E-state index in [2.05, 4.69) is 0 Å². The Kier molecular flexibility index (Phi) is 2.73. The molecule has 1 amide bonds. The van der Waals surface area contributed by atoms with E-state index in [-0.39, 0.29) is 12.1 Å². The molecule has 0 saturated carbocycles. The summed E-state index contributed by atoms with van der Waals surface area (Å²) in [4.78, 5) is 12.6. The molecule has 0 aromatic heterocycles. The topological polar surface area (TPSA) is 46.3 Å². The van der Waals surface area contributed by atoms with Gasteiger partial charge in [-0.2, -0.15) is 13.2 Å². The monoisotopic (exact) mass is 244 g/mol. The van der Waals surface area contributed by atoms with Crippen molar-refractivity contribution in [1.29, 1.82) is 0 Å². The van der Waals surface area contributed by atoms with Crippen LogP contribution in [0.1, 0.15) is 15.9 Å². The number of carbonyl (C=O) groups is 1. The minimum absolute atomic E-state index is 0.0925. The molecule has 0 saturated heterocycles. The highest BCUT2D eigenvalue weighted by Gasteiger charge is 2.35. The first-order chi connectivity index (χ1) is 7.87. The number of nitrogen functional groups attached to an aromatic ring is 1. The van der Waals surface area contributed by atoms with E-state index in [1.807, 2.05) is 0 Å². The fourth-order valence-corrected chi connectivity index (χ4v) is 1.91. The van der Waals surface area contributed by atoms with E-state index in [1.165, 1.54) is 6.07 Å². The Bertz CT molecular complexity index is 457. The minimum atomic E-state index is -4.37. The van der Waals surface area contributed by atoms with Gasteiger partial charge in [0.1, 0.15) is 6.54 Å². The average molecular weight is 244 g/mol.